The van der Waals surface area contributed by atoms with Crippen LogP contribution in [-0.2, 0) is 4.79 Å². The Morgan fingerprint density at radius 1 is 1.30 bits per heavy atom. The van der Waals surface area contributed by atoms with E-state index in [1.165, 1.54) is 0 Å². The molecule has 3 N–H and O–H groups in total. The van der Waals surface area contributed by atoms with Crippen LogP contribution in [0.5, 0.6) is 0 Å². The van der Waals surface area contributed by atoms with E-state index >= 15 is 0 Å². The number of piperidine rings is 1. The number of aliphatic hydroxyl groups excluding tert-OH is 1. The van der Waals surface area contributed by atoms with E-state index in [4.69, 9.17) is 5.11 Å². The fourth-order valence-electron chi connectivity index (χ4n) is 3.81. The molecule has 1 amide bonds. The second-order valence-electron chi connectivity index (χ2n) is 7.61. The number of amides is 1. The quantitative estimate of drug-likeness (QED) is 0.516. The van der Waals surface area contributed by atoms with Gasteiger partial charge in [-0.2, -0.15) is 0 Å². The van der Waals surface area contributed by atoms with E-state index in [1.54, 1.807) is 6.20 Å². The van der Waals surface area contributed by atoms with Gasteiger partial charge >= 0.3 is 0 Å². The fourth-order valence-corrected chi connectivity index (χ4v) is 3.81. The number of para-hydroxylation sites is 1. The minimum absolute atomic E-state index is 0.0368. The van der Waals surface area contributed by atoms with Gasteiger partial charge < -0.3 is 20.3 Å². The molecule has 0 saturated carbocycles. The van der Waals surface area contributed by atoms with Crippen LogP contribution in [0.1, 0.15) is 55.9 Å². The first-order chi connectivity index (χ1) is 13.0. The zero-order chi connectivity index (χ0) is 19.4. The lowest BCUT2D eigenvalue weighted by atomic mass is 9.97. The number of ketones is 1. The molecule has 146 valence electrons. The molecule has 6 nitrogen and oxygen atoms in total. The van der Waals surface area contributed by atoms with Crippen molar-refractivity contribution in [3.63, 3.8) is 0 Å². The molecule has 6 heteroatoms. The van der Waals surface area contributed by atoms with Gasteiger partial charge in [0.05, 0.1) is 5.56 Å². The Kier molecular flexibility index (Phi) is 6.29. The molecule has 0 aliphatic carbocycles. The Balaban J connectivity index is 1.67. The number of aliphatic hydroxyl groups is 1. The van der Waals surface area contributed by atoms with Gasteiger partial charge in [0.15, 0.2) is 0 Å². The molecular weight excluding hydrogens is 342 g/mol. The minimum Gasteiger partial charge on any atom is -0.396 e. The van der Waals surface area contributed by atoms with Gasteiger partial charge in [-0.05, 0) is 45.6 Å². The topological polar surface area (TPSA) is 83.4 Å². The summed E-state index contributed by atoms with van der Waals surface area (Å²) in [5.41, 5.74) is 1.43. The van der Waals surface area contributed by atoms with E-state index in [-0.39, 0.29) is 18.7 Å². The summed E-state index contributed by atoms with van der Waals surface area (Å²) in [5.74, 6) is -1.02. The summed E-state index contributed by atoms with van der Waals surface area (Å²) in [4.78, 5) is 25.4. The number of hydrogen-bond acceptors (Lipinski definition) is 4. The average Bonchev–Trinajstić information content (AvgIpc) is 3.07. The Hall–Kier alpha value is -2.18. The smallest absolute Gasteiger partial charge is 0.292 e. The van der Waals surface area contributed by atoms with Gasteiger partial charge in [-0.25, -0.2) is 0 Å². The summed E-state index contributed by atoms with van der Waals surface area (Å²) in [6.45, 7) is 4.98. The van der Waals surface area contributed by atoms with Crippen molar-refractivity contribution in [2.24, 2.45) is 0 Å². The first-order valence-electron chi connectivity index (χ1n) is 9.80. The highest BCUT2D eigenvalue weighted by Gasteiger charge is 2.26. The van der Waals surface area contributed by atoms with Crippen molar-refractivity contribution in [3.05, 3.63) is 36.0 Å². The second kappa shape index (κ2) is 8.67. The first-order valence-corrected chi connectivity index (χ1v) is 9.80. The molecule has 1 aromatic carbocycles. The van der Waals surface area contributed by atoms with E-state index in [9.17, 15) is 9.59 Å². The summed E-state index contributed by atoms with van der Waals surface area (Å²) in [7, 11) is 0. The van der Waals surface area contributed by atoms with Gasteiger partial charge in [-0.3, -0.25) is 9.59 Å². The summed E-state index contributed by atoms with van der Waals surface area (Å²) in [5, 5.41) is 16.0. The van der Waals surface area contributed by atoms with Crippen LogP contribution in [0.2, 0.25) is 0 Å². The lowest BCUT2D eigenvalue weighted by Crippen LogP contribution is -2.50. The van der Waals surface area contributed by atoms with Crippen LogP contribution >= 0.6 is 0 Å². The molecule has 2 atom stereocenters. The zero-order valence-electron chi connectivity index (χ0n) is 16.1. The number of aromatic nitrogens is 1. The van der Waals surface area contributed by atoms with E-state index in [0.29, 0.717) is 18.2 Å². The van der Waals surface area contributed by atoms with Crippen molar-refractivity contribution < 1.29 is 14.7 Å². The molecule has 0 bridgehead atoms. The maximum absolute atomic E-state index is 12.8. The maximum atomic E-state index is 12.8. The van der Waals surface area contributed by atoms with E-state index in [1.807, 2.05) is 28.8 Å². The molecular formula is C21H29N3O3. The molecule has 1 aliphatic heterocycles. The second-order valence-corrected chi connectivity index (χ2v) is 7.61. The molecule has 3 rings (SSSR count). The van der Waals surface area contributed by atoms with Crippen molar-refractivity contribution in [3.8, 4) is 0 Å². The largest absolute Gasteiger partial charge is 0.396 e. The molecule has 1 fully saturated rings. The number of fused-ring (bicyclic) bond motifs is 1. The van der Waals surface area contributed by atoms with Gasteiger partial charge in [0.1, 0.15) is 0 Å². The summed E-state index contributed by atoms with van der Waals surface area (Å²) in [6, 6.07) is 8.24. The van der Waals surface area contributed by atoms with E-state index in [2.05, 4.69) is 24.5 Å². The van der Waals surface area contributed by atoms with Crippen LogP contribution in [0.3, 0.4) is 0 Å². The number of hydrogen-bond donors (Lipinski definition) is 3. The first kappa shape index (κ1) is 19.6. The monoisotopic (exact) mass is 371 g/mol. The number of carbonyl (C=O) groups is 2. The van der Waals surface area contributed by atoms with Gasteiger partial charge in [-0.1, -0.05) is 18.2 Å². The fraction of sp³-hybridized carbons (Fsp3) is 0.524. The molecule has 2 aromatic rings. The Morgan fingerprint density at radius 2 is 2.07 bits per heavy atom. The Labute approximate surface area is 159 Å². The molecule has 1 aromatic heterocycles. The number of rotatable bonds is 7. The highest BCUT2D eigenvalue weighted by Crippen LogP contribution is 2.25. The molecule has 27 heavy (non-hydrogen) atoms. The van der Waals surface area contributed by atoms with Crippen molar-refractivity contribution in [2.75, 3.05) is 13.2 Å². The molecule has 2 heterocycles. The van der Waals surface area contributed by atoms with Crippen LogP contribution in [0, 0.1) is 0 Å². The van der Waals surface area contributed by atoms with Crippen molar-refractivity contribution in [1.29, 1.82) is 0 Å². The summed E-state index contributed by atoms with van der Waals surface area (Å²) < 4.78 is 2.03. The van der Waals surface area contributed by atoms with Crippen molar-refractivity contribution in [1.82, 2.24) is 15.2 Å². The van der Waals surface area contributed by atoms with Gasteiger partial charge in [0.25, 0.3) is 11.7 Å². The standard InChI is InChI=1S/C21H29N3O3/c1-14(2)24-13-18(17-7-3-4-8-19(17)24)20(26)21(27)23-16-10-9-15(22-12-16)6-5-11-25/h3-4,7-8,13-16,22,25H,5-6,9-12H2,1-2H3,(H,23,27). The van der Waals surface area contributed by atoms with Crippen LogP contribution in [0.25, 0.3) is 10.9 Å². The van der Waals surface area contributed by atoms with E-state index in [0.717, 1.165) is 36.6 Å². The molecule has 2 unspecified atom stereocenters. The lowest BCUT2D eigenvalue weighted by molar-refractivity contribution is -0.117. The number of benzene rings is 1. The third kappa shape index (κ3) is 4.39. The molecule has 0 radical (unpaired) electrons. The third-order valence-electron chi connectivity index (χ3n) is 5.31. The number of Topliss-reactive ketones (excluding diaryl/α,β-unsaturated/α-hetero) is 1. The SMILES string of the molecule is CC(C)n1cc(C(=O)C(=O)NC2CCC(CCCO)NC2)c2ccccc21. The Bertz CT molecular complexity index is 804. The highest BCUT2D eigenvalue weighted by molar-refractivity contribution is 6.45. The summed E-state index contributed by atoms with van der Waals surface area (Å²) >= 11 is 0. The van der Waals surface area contributed by atoms with E-state index < -0.39 is 11.7 Å². The summed E-state index contributed by atoms with van der Waals surface area (Å²) in [6.07, 6.45) is 5.29. The molecule has 1 saturated heterocycles. The van der Waals surface area contributed by atoms with Crippen molar-refractivity contribution >= 4 is 22.6 Å². The van der Waals surface area contributed by atoms with Crippen molar-refractivity contribution in [2.45, 2.75) is 57.7 Å². The predicted octanol–water partition coefficient (Wildman–Crippen LogP) is 2.41. The predicted molar refractivity (Wildman–Crippen MR) is 106 cm³/mol. The third-order valence-corrected chi connectivity index (χ3v) is 5.31. The van der Waals surface area contributed by atoms with Gasteiger partial charge in [0.2, 0.25) is 0 Å². The van der Waals surface area contributed by atoms with Crippen LogP contribution < -0.4 is 10.6 Å². The van der Waals surface area contributed by atoms with Gasteiger partial charge in [0, 0.05) is 48.4 Å². The zero-order valence-corrected chi connectivity index (χ0v) is 16.1. The van der Waals surface area contributed by atoms with Crippen LogP contribution in [0.4, 0.5) is 0 Å². The van der Waals surface area contributed by atoms with Crippen LogP contribution in [-0.4, -0.2) is 46.6 Å². The average molecular weight is 371 g/mol. The number of carbonyl (C=O) groups excluding carboxylic acids is 2. The maximum Gasteiger partial charge on any atom is 0.292 e. The minimum atomic E-state index is -0.540. The van der Waals surface area contributed by atoms with Crippen LogP contribution in [0.15, 0.2) is 30.5 Å². The highest BCUT2D eigenvalue weighted by atomic mass is 16.3. The number of nitrogens with zero attached hydrogens (tertiary/aromatic N) is 1. The van der Waals surface area contributed by atoms with Gasteiger partial charge in [-0.15, -0.1) is 0 Å². The number of nitrogens with one attached hydrogen (secondary N) is 2. The normalized spacial score (nSPS) is 20.1. The molecule has 1 aliphatic rings. The lowest BCUT2D eigenvalue weighted by Gasteiger charge is -2.30. The molecule has 0 spiro atoms. The Morgan fingerprint density at radius 3 is 2.74 bits per heavy atom.